The minimum atomic E-state index is -0.485. The molecule has 5 heteroatoms. The summed E-state index contributed by atoms with van der Waals surface area (Å²) in [5.41, 5.74) is 0.865. The molecule has 2 atom stereocenters. The Labute approximate surface area is 94.0 Å². The van der Waals surface area contributed by atoms with Gasteiger partial charge in [-0.05, 0) is 41.2 Å². The molecular formula is C11H15N3O2. The highest BCUT2D eigenvalue weighted by Crippen LogP contribution is 2.27. The predicted octanol–water partition coefficient (Wildman–Crippen LogP) is 2.59. The minimum Gasteiger partial charge on any atom is -0.379 e. The van der Waals surface area contributed by atoms with Crippen LogP contribution in [0.15, 0.2) is 18.3 Å². The van der Waals surface area contributed by atoms with Crippen LogP contribution >= 0.6 is 0 Å². The summed E-state index contributed by atoms with van der Waals surface area (Å²) < 4.78 is 0. The van der Waals surface area contributed by atoms with Crippen molar-refractivity contribution < 1.29 is 4.92 Å². The van der Waals surface area contributed by atoms with Gasteiger partial charge >= 0.3 is 5.82 Å². The van der Waals surface area contributed by atoms with Crippen LogP contribution in [0.1, 0.15) is 26.2 Å². The van der Waals surface area contributed by atoms with Gasteiger partial charge < -0.3 is 15.4 Å². The Morgan fingerprint density at radius 1 is 1.50 bits per heavy atom. The van der Waals surface area contributed by atoms with Gasteiger partial charge in [-0.15, -0.1) is 0 Å². The molecule has 0 saturated heterocycles. The summed E-state index contributed by atoms with van der Waals surface area (Å²) in [6.07, 6.45) is 5.11. The van der Waals surface area contributed by atoms with Crippen molar-refractivity contribution in [3.63, 3.8) is 0 Å². The van der Waals surface area contributed by atoms with Crippen molar-refractivity contribution in [2.75, 3.05) is 5.32 Å². The molecule has 16 heavy (non-hydrogen) atoms. The predicted molar refractivity (Wildman–Crippen MR) is 61.3 cm³/mol. The third kappa shape index (κ3) is 2.48. The van der Waals surface area contributed by atoms with Crippen LogP contribution < -0.4 is 5.32 Å². The van der Waals surface area contributed by atoms with Gasteiger partial charge in [-0.2, -0.15) is 0 Å². The largest absolute Gasteiger partial charge is 0.379 e. The summed E-state index contributed by atoms with van der Waals surface area (Å²) in [5.74, 6) is 0.661. The van der Waals surface area contributed by atoms with E-state index in [1.807, 2.05) is 0 Å². The van der Waals surface area contributed by atoms with Gasteiger partial charge in [-0.1, -0.05) is 6.92 Å². The molecule has 1 fully saturated rings. The molecule has 0 aromatic carbocycles. The van der Waals surface area contributed by atoms with Gasteiger partial charge in [0.15, 0.2) is 6.20 Å². The highest BCUT2D eigenvalue weighted by molar-refractivity contribution is 5.44. The van der Waals surface area contributed by atoms with Crippen molar-refractivity contribution in [1.82, 2.24) is 4.98 Å². The molecule has 1 aromatic heterocycles. The second kappa shape index (κ2) is 4.47. The molecule has 1 heterocycles. The highest BCUT2D eigenvalue weighted by Gasteiger charge is 2.21. The second-order valence-corrected chi connectivity index (χ2v) is 4.42. The molecule has 1 saturated carbocycles. The molecule has 86 valence electrons. The molecule has 2 unspecified atom stereocenters. The standard InChI is InChI=1S/C11H15N3O2/c1-8-2-3-9(6-8)13-10-4-5-11(12-7-10)14(15)16/h4-5,7-9,13H,2-3,6H2,1H3. The van der Waals surface area contributed by atoms with Gasteiger partial charge in [-0.25, -0.2) is 0 Å². The molecule has 0 spiro atoms. The van der Waals surface area contributed by atoms with Crippen LogP contribution in [-0.2, 0) is 0 Å². The van der Waals surface area contributed by atoms with Crippen molar-refractivity contribution in [2.24, 2.45) is 5.92 Å². The van der Waals surface area contributed by atoms with E-state index in [-0.39, 0.29) is 5.82 Å². The number of nitro groups is 1. The topological polar surface area (TPSA) is 68.1 Å². The lowest BCUT2D eigenvalue weighted by Crippen LogP contribution is -2.15. The lowest BCUT2D eigenvalue weighted by molar-refractivity contribution is -0.389. The molecule has 2 rings (SSSR count). The van der Waals surface area contributed by atoms with E-state index in [1.54, 1.807) is 6.07 Å². The van der Waals surface area contributed by atoms with Gasteiger partial charge in [0.1, 0.15) is 0 Å². The van der Waals surface area contributed by atoms with Gasteiger partial charge in [-0.3, -0.25) is 0 Å². The van der Waals surface area contributed by atoms with Gasteiger partial charge in [0, 0.05) is 12.1 Å². The first kappa shape index (κ1) is 10.9. The molecule has 1 aliphatic rings. The van der Waals surface area contributed by atoms with Crippen molar-refractivity contribution in [1.29, 1.82) is 0 Å². The first-order chi connectivity index (χ1) is 7.65. The maximum atomic E-state index is 10.4. The minimum absolute atomic E-state index is 0.106. The Hall–Kier alpha value is -1.65. The number of anilines is 1. The van der Waals surface area contributed by atoms with E-state index < -0.39 is 4.92 Å². The van der Waals surface area contributed by atoms with Crippen molar-refractivity contribution >= 4 is 11.5 Å². The fraction of sp³-hybridized carbons (Fsp3) is 0.545. The summed E-state index contributed by atoms with van der Waals surface area (Å²) >= 11 is 0. The monoisotopic (exact) mass is 221 g/mol. The smallest absolute Gasteiger partial charge is 0.363 e. The van der Waals surface area contributed by atoms with Crippen molar-refractivity contribution in [3.8, 4) is 0 Å². The summed E-state index contributed by atoms with van der Waals surface area (Å²) in [6.45, 7) is 2.25. The maximum absolute atomic E-state index is 10.4. The molecule has 5 nitrogen and oxygen atoms in total. The summed E-state index contributed by atoms with van der Waals surface area (Å²) in [5, 5.41) is 13.8. The second-order valence-electron chi connectivity index (χ2n) is 4.42. The van der Waals surface area contributed by atoms with Crippen molar-refractivity contribution in [2.45, 2.75) is 32.2 Å². The number of hydrogen-bond donors (Lipinski definition) is 1. The Bertz CT molecular complexity index is 377. The zero-order valence-electron chi connectivity index (χ0n) is 9.22. The third-order valence-electron chi connectivity index (χ3n) is 3.00. The zero-order valence-corrected chi connectivity index (χ0v) is 9.22. The third-order valence-corrected chi connectivity index (χ3v) is 3.00. The maximum Gasteiger partial charge on any atom is 0.363 e. The average molecular weight is 221 g/mol. The molecule has 0 amide bonds. The van der Waals surface area contributed by atoms with Crippen LogP contribution in [0, 0.1) is 16.0 Å². The fourth-order valence-electron chi connectivity index (χ4n) is 2.15. The summed E-state index contributed by atoms with van der Waals surface area (Å²) in [4.78, 5) is 13.7. The Balaban J connectivity index is 1.97. The van der Waals surface area contributed by atoms with E-state index >= 15 is 0 Å². The molecule has 1 aliphatic carbocycles. The molecule has 0 aliphatic heterocycles. The fourth-order valence-corrected chi connectivity index (χ4v) is 2.15. The van der Waals surface area contributed by atoms with E-state index in [2.05, 4.69) is 17.2 Å². The van der Waals surface area contributed by atoms with E-state index in [1.165, 1.54) is 18.7 Å². The van der Waals surface area contributed by atoms with E-state index in [9.17, 15) is 10.1 Å². The van der Waals surface area contributed by atoms with Crippen LogP contribution in [0.3, 0.4) is 0 Å². The van der Waals surface area contributed by atoms with Crippen LogP contribution in [-0.4, -0.2) is 15.9 Å². The lowest BCUT2D eigenvalue weighted by atomic mass is 10.1. The number of nitrogens with one attached hydrogen (secondary N) is 1. The Morgan fingerprint density at radius 2 is 2.31 bits per heavy atom. The Morgan fingerprint density at radius 3 is 2.81 bits per heavy atom. The first-order valence-electron chi connectivity index (χ1n) is 5.52. The molecular weight excluding hydrogens is 206 g/mol. The molecule has 1 N–H and O–H groups in total. The van der Waals surface area contributed by atoms with Crippen LogP contribution in [0.4, 0.5) is 11.5 Å². The quantitative estimate of drug-likeness (QED) is 0.629. The highest BCUT2D eigenvalue weighted by atomic mass is 16.6. The van der Waals surface area contributed by atoms with Gasteiger partial charge in [0.2, 0.25) is 0 Å². The number of aromatic nitrogens is 1. The number of rotatable bonds is 3. The van der Waals surface area contributed by atoms with Gasteiger partial charge in [0.05, 0.1) is 5.69 Å². The normalized spacial score (nSPS) is 24.3. The van der Waals surface area contributed by atoms with E-state index in [4.69, 9.17) is 0 Å². The number of nitrogens with zero attached hydrogens (tertiary/aromatic N) is 2. The average Bonchev–Trinajstić information content (AvgIpc) is 2.65. The van der Waals surface area contributed by atoms with Gasteiger partial charge in [0.25, 0.3) is 0 Å². The number of pyridine rings is 1. The van der Waals surface area contributed by atoms with E-state index in [0.717, 1.165) is 24.4 Å². The van der Waals surface area contributed by atoms with Crippen molar-refractivity contribution in [3.05, 3.63) is 28.4 Å². The summed E-state index contributed by atoms with van der Waals surface area (Å²) in [7, 11) is 0. The lowest BCUT2D eigenvalue weighted by Gasteiger charge is -2.12. The molecule has 1 aromatic rings. The zero-order chi connectivity index (χ0) is 11.5. The molecule has 0 radical (unpaired) electrons. The van der Waals surface area contributed by atoms with Crippen LogP contribution in [0.25, 0.3) is 0 Å². The van der Waals surface area contributed by atoms with Crippen LogP contribution in [0.5, 0.6) is 0 Å². The SMILES string of the molecule is CC1CCC(Nc2ccc([N+](=O)[O-])nc2)C1. The van der Waals surface area contributed by atoms with Crippen LogP contribution in [0.2, 0.25) is 0 Å². The number of hydrogen-bond acceptors (Lipinski definition) is 4. The summed E-state index contributed by atoms with van der Waals surface area (Å²) in [6, 6.07) is 3.63. The molecule has 0 bridgehead atoms. The Kier molecular flexibility index (Phi) is 3.03. The van der Waals surface area contributed by atoms with E-state index in [0.29, 0.717) is 6.04 Å². The first-order valence-corrected chi connectivity index (χ1v) is 5.52.